The fraction of sp³-hybridized carbons (Fsp3) is 0.667. The maximum atomic E-state index is 13.0. The molecule has 6 heteroatoms. The van der Waals surface area contributed by atoms with Gasteiger partial charge >= 0.3 is 6.18 Å². The monoisotopic (exact) mass is 301 g/mol. The van der Waals surface area contributed by atoms with E-state index in [1.54, 1.807) is 0 Å². The molecule has 0 bridgehead atoms. The zero-order valence-corrected chi connectivity index (χ0v) is 12.4. The Bertz CT molecular complexity index is 470. The largest absolute Gasteiger partial charge is 0.416 e. The maximum absolute atomic E-state index is 13.0. The first-order valence-corrected chi connectivity index (χ1v) is 7.50. The molecular formula is C15H22F3N3. The van der Waals surface area contributed by atoms with E-state index in [1.807, 2.05) is 13.8 Å². The van der Waals surface area contributed by atoms with Crippen LogP contribution in [0.25, 0.3) is 0 Å². The van der Waals surface area contributed by atoms with Crippen LogP contribution in [0.3, 0.4) is 0 Å². The molecule has 2 rings (SSSR count). The fourth-order valence-electron chi connectivity index (χ4n) is 2.40. The molecule has 0 aromatic carbocycles. The summed E-state index contributed by atoms with van der Waals surface area (Å²) in [6.45, 7) is 4.56. The minimum absolute atomic E-state index is 0.147. The van der Waals surface area contributed by atoms with Gasteiger partial charge in [0.1, 0.15) is 11.6 Å². The Hall–Kier alpha value is -1.46. The number of rotatable bonds is 6. The highest BCUT2D eigenvalue weighted by Gasteiger charge is 2.32. The van der Waals surface area contributed by atoms with Crippen molar-refractivity contribution >= 4 is 11.6 Å². The Morgan fingerprint density at radius 3 is 2.48 bits per heavy atom. The van der Waals surface area contributed by atoms with Gasteiger partial charge in [0.2, 0.25) is 0 Å². The number of anilines is 2. The van der Waals surface area contributed by atoms with Crippen LogP contribution in [0.4, 0.5) is 24.8 Å². The molecule has 1 aliphatic rings. The number of hydrogen-bond donors (Lipinski definition) is 2. The van der Waals surface area contributed by atoms with Crippen molar-refractivity contribution in [3.63, 3.8) is 0 Å². The highest BCUT2D eigenvalue weighted by atomic mass is 19.4. The van der Waals surface area contributed by atoms with E-state index in [4.69, 9.17) is 0 Å². The topological polar surface area (TPSA) is 37.0 Å². The SMILES string of the molecule is CCCNc1cc(C(F)(F)F)cc(NC(C)C2CCC2)n1. The molecule has 2 N–H and O–H groups in total. The second-order valence-electron chi connectivity index (χ2n) is 5.67. The van der Waals surface area contributed by atoms with Gasteiger partial charge in [-0.15, -0.1) is 0 Å². The van der Waals surface area contributed by atoms with E-state index in [0.717, 1.165) is 31.4 Å². The molecule has 1 aliphatic carbocycles. The zero-order valence-electron chi connectivity index (χ0n) is 12.4. The van der Waals surface area contributed by atoms with E-state index in [0.29, 0.717) is 18.3 Å². The first-order valence-electron chi connectivity index (χ1n) is 7.50. The third-order valence-corrected chi connectivity index (χ3v) is 3.94. The van der Waals surface area contributed by atoms with Crippen molar-refractivity contribution in [1.82, 2.24) is 4.98 Å². The van der Waals surface area contributed by atoms with Gasteiger partial charge in [0.15, 0.2) is 0 Å². The Morgan fingerprint density at radius 1 is 1.29 bits per heavy atom. The van der Waals surface area contributed by atoms with Crippen LogP contribution in [0.1, 0.15) is 45.1 Å². The van der Waals surface area contributed by atoms with Crippen molar-refractivity contribution < 1.29 is 13.2 Å². The van der Waals surface area contributed by atoms with E-state index in [9.17, 15) is 13.2 Å². The van der Waals surface area contributed by atoms with Gasteiger partial charge in [0.05, 0.1) is 5.56 Å². The normalized spacial score (nSPS) is 17.2. The quantitative estimate of drug-likeness (QED) is 0.811. The second kappa shape index (κ2) is 6.54. The standard InChI is InChI=1S/C15H22F3N3/c1-3-7-19-13-8-12(15(16,17)18)9-14(21-13)20-10(2)11-5-4-6-11/h8-11H,3-7H2,1-2H3,(H2,19,20,21). The Kier molecular flexibility index (Phi) is 4.96. The van der Waals surface area contributed by atoms with Crippen LogP contribution in [-0.4, -0.2) is 17.6 Å². The first-order chi connectivity index (χ1) is 9.90. The van der Waals surface area contributed by atoms with E-state index < -0.39 is 11.7 Å². The van der Waals surface area contributed by atoms with Gasteiger partial charge in [-0.25, -0.2) is 4.98 Å². The van der Waals surface area contributed by atoms with Crippen molar-refractivity contribution in [2.45, 2.75) is 51.7 Å². The number of nitrogens with one attached hydrogen (secondary N) is 2. The van der Waals surface area contributed by atoms with Crippen LogP contribution in [0.2, 0.25) is 0 Å². The summed E-state index contributed by atoms with van der Waals surface area (Å²) in [7, 11) is 0. The van der Waals surface area contributed by atoms with Crippen LogP contribution >= 0.6 is 0 Å². The van der Waals surface area contributed by atoms with Gasteiger partial charge in [-0.3, -0.25) is 0 Å². The van der Waals surface area contributed by atoms with Crippen molar-refractivity contribution in [3.05, 3.63) is 17.7 Å². The van der Waals surface area contributed by atoms with Crippen molar-refractivity contribution in [2.75, 3.05) is 17.2 Å². The second-order valence-corrected chi connectivity index (χ2v) is 5.67. The molecule has 1 fully saturated rings. The summed E-state index contributed by atoms with van der Waals surface area (Å²) in [5, 5.41) is 6.05. The molecule has 0 spiro atoms. The predicted molar refractivity (Wildman–Crippen MR) is 78.4 cm³/mol. The van der Waals surface area contributed by atoms with Crippen molar-refractivity contribution in [2.24, 2.45) is 5.92 Å². The van der Waals surface area contributed by atoms with Gasteiger partial charge in [0, 0.05) is 12.6 Å². The number of aromatic nitrogens is 1. The highest BCUT2D eigenvalue weighted by molar-refractivity contribution is 5.50. The molecule has 1 saturated carbocycles. The summed E-state index contributed by atoms with van der Waals surface area (Å²) in [6, 6.07) is 2.30. The van der Waals surface area contributed by atoms with E-state index in [2.05, 4.69) is 15.6 Å². The average Bonchev–Trinajstić information content (AvgIpc) is 2.32. The van der Waals surface area contributed by atoms with Gasteiger partial charge < -0.3 is 10.6 Å². The molecule has 1 heterocycles. The number of halogens is 3. The molecule has 0 radical (unpaired) electrons. The number of pyridine rings is 1. The number of alkyl halides is 3. The van der Waals surface area contributed by atoms with Gasteiger partial charge in [-0.1, -0.05) is 13.3 Å². The molecule has 1 aromatic rings. The molecule has 0 saturated heterocycles. The summed E-state index contributed by atoms with van der Waals surface area (Å²) >= 11 is 0. The molecule has 0 amide bonds. The molecule has 118 valence electrons. The van der Waals surface area contributed by atoms with E-state index in [1.165, 1.54) is 6.42 Å². The summed E-state index contributed by atoms with van der Waals surface area (Å²) in [4.78, 5) is 4.24. The summed E-state index contributed by atoms with van der Waals surface area (Å²) in [5.74, 6) is 1.10. The summed E-state index contributed by atoms with van der Waals surface area (Å²) in [5.41, 5.74) is -0.667. The molecule has 0 aliphatic heterocycles. The predicted octanol–water partition coefficient (Wildman–Crippen LogP) is 4.52. The smallest absolute Gasteiger partial charge is 0.370 e. The molecule has 1 atom stereocenters. The summed E-state index contributed by atoms with van der Waals surface area (Å²) < 4.78 is 38.9. The lowest BCUT2D eigenvalue weighted by atomic mass is 9.80. The van der Waals surface area contributed by atoms with Crippen LogP contribution < -0.4 is 10.6 Å². The lowest BCUT2D eigenvalue weighted by molar-refractivity contribution is -0.137. The van der Waals surface area contributed by atoms with Gasteiger partial charge in [-0.05, 0) is 44.2 Å². The minimum atomic E-state index is -4.36. The van der Waals surface area contributed by atoms with Crippen LogP contribution in [-0.2, 0) is 6.18 Å². The number of nitrogens with zero attached hydrogens (tertiary/aromatic N) is 1. The maximum Gasteiger partial charge on any atom is 0.416 e. The lowest BCUT2D eigenvalue weighted by Crippen LogP contribution is -2.31. The van der Waals surface area contributed by atoms with Gasteiger partial charge in [-0.2, -0.15) is 13.2 Å². The Balaban J connectivity index is 2.17. The Morgan fingerprint density at radius 2 is 1.95 bits per heavy atom. The van der Waals surface area contributed by atoms with Crippen molar-refractivity contribution in [1.29, 1.82) is 0 Å². The molecule has 3 nitrogen and oxygen atoms in total. The highest BCUT2D eigenvalue weighted by Crippen LogP contribution is 2.34. The third-order valence-electron chi connectivity index (χ3n) is 3.94. The fourth-order valence-corrected chi connectivity index (χ4v) is 2.40. The molecule has 21 heavy (non-hydrogen) atoms. The minimum Gasteiger partial charge on any atom is -0.370 e. The zero-order chi connectivity index (χ0) is 15.5. The lowest BCUT2D eigenvalue weighted by Gasteiger charge is -2.32. The molecule has 1 aromatic heterocycles. The molecular weight excluding hydrogens is 279 g/mol. The van der Waals surface area contributed by atoms with Crippen molar-refractivity contribution in [3.8, 4) is 0 Å². The van der Waals surface area contributed by atoms with Crippen LogP contribution in [0, 0.1) is 5.92 Å². The first kappa shape index (κ1) is 15.9. The Labute approximate surface area is 123 Å². The third kappa shape index (κ3) is 4.25. The van der Waals surface area contributed by atoms with E-state index in [-0.39, 0.29) is 11.9 Å². The number of hydrogen-bond acceptors (Lipinski definition) is 3. The van der Waals surface area contributed by atoms with Crippen LogP contribution in [0.5, 0.6) is 0 Å². The van der Waals surface area contributed by atoms with Crippen LogP contribution in [0.15, 0.2) is 12.1 Å². The molecule has 1 unspecified atom stereocenters. The average molecular weight is 301 g/mol. The summed E-state index contributed by atoms with van der Waals surface area (Å²) in [6.07, 6.45) is -0.0565. The van der Waals surface area contributed by atoms with E-state index >= 15 is 0 Å². The van der Waals surface area contributed by atoms with Gasteiger partial charge in [0.25, 0.3) is 0 Å².